The van der Waals surface area contributed by atoms with E-state index >= 15 is 0 Å². The summed E-state index contributed by atoms with van der Waals surface area (Å²) in [5, 5.41) is 4.13. The Morgan fingerprint density at radius 1 is 1.28 bits per heavy atom. The normalized spacial score (nSPS) is 11.1. The first-order valence-electron chi connectivity index (χ1n) is 7.88. The summed E-state index contributed by atoms with van der Waals surface area (Å²) in [5.74, 6) is -0.768. The molecule has 3 rings (SSSR count). The summed E-state index contributed by atoms with van der Waals surface area (Å²) in [5.41, 5.74) is 1.86. The zero-order chi connectivity index (χ0) is 18.1. The van der Waals surface area contributed by atoms with Gasteiger partial charge in [-0.2, -0.15) is 0 Å². The van der Waals surface area contributed by atoms with Crippen LogP contribution in [0.5, 0.6) is 0 Å². The molecule has 0 aliphatic heterocycles. The van der Waals surface area contributed by atoms with Crippen LogP contribution in [0.1, 0.15) is 45.6 Å². The lowest BCUT2D eigenvalue weighted by atomic mass is 10.1. The number of carbonyl (C=O) groups is 2. The van der Waals surface area contributed by atoms with Crippen molar-refractivity contribution in [3.05, 3.63) is 46.6 Å². The largest absolute Gasteiger partial charge is 0.464 e. The Hall–Kier alpha value is -2.67. The third kappa shape index (κ3) is 3.28. The van der Waals surface area contributed by atoms with Gasteiger partial charge in [0.1, 0.15) is 0 Å². The number of benzene rings is 1. The summed E-state index contributed by atoms with van der Waals surface area (Å²) in [6.07, 6.45) is 2.02. The first kappa shape index (κ1) is 17.2. The highest BCUT2D eigenvalue weighted by Crippen LogP contribution is 2.25. The van der Waals surface area contributed by atoms with E-state index in [0.717, 1.165) is 10.9 Å². The predicted octanol–water partition coefficient (Wildman–Crippen LogP) is 4.03. The maximum Gasteiger partial charge on any atom is 0.357 e. The molecular formula is C18H19N3O3S. The Morgan fingerprint density at radius 2 is 2.04 bits per heavy atom. The number of nitrogens with zero attached hydrogens (tertiary/aromatic N) is 2. The minimum Gasteiger partial charge on any atom is -0.464 e. The van der Waals surface area contributed by atoms with Crippen LogP contribution in [0.2, 0.25) is 0 Å². The highest BCUT2D eigenvalue weighted by atomic mass is 32.1. The van der Waals surface area contributed by atoms with Crippen molar-refractivity contribution < 1.29 is 14.3 Å². The number of fused-ring (bicyclic) bond motifs is 1. The highest BCUT2D eigenvalue weighted by molar-refractivity contribution is 7.16. The molecule has 0 spiro atoms. The fourth-order valence-corrected chi connectivity index (χ4v) is 3.46. The van der Waals surface area contributed by atoms with Crippen LogP contribution in [-0.2, 0) is 4.74 Å². The van der Waals surface area contributed by atoms with Crippen molar-refractivity contribution in [1.82, 2.24) is 9.55 Å². The lowest BCUT2D eigenvalue weighted by molar-refractivity contribution is 0.0594. The molecule has 1 N–H and O–H groups in total. The van der Waals surface area contributed by atoms with Gasteiger partial charge in [0.25, 0.3) is 5.91 Å². The lowest BCUT2D eigenvalue weighted by Crippen LogP contribution is -2.12. The van der Waals surface area contributed by atoms with Crippen LogP contribution in [0.25, 0.3) is 10.9 Å². The molecule has 130 valence electrons. The molecule has 3 aromatic rings. The molecule has 2 aromatic heterocycles. The average Bonchev–Trinajstić information content (AvgIpc) is 3.16. The number of methoxy groups -OCH3 is 1. The summed E-state index contributed by atoms with van der Waals surface area (Å²) in [7, 11) is 1.30. The van der Waals surface area contributed by atoms with Gasteiger partial charge in [0.15, 0.2) is 10.8 Å². The summed E-state index contributed by atoms with van der Waals surface area (Å²) in [6, 6.07) is 7.93. The molecule has 2 heterocycles. The first-order chi connectivity index (χ1) is 11.9. The second kappa shape index (κ2) is 6.68. The topological polar surface area (TPSA) is 73.2 Å². The number of thiazole rings is 1. The Balaban J connectivity index is 1.84. The van der Waals surface area contributed by atoms with Crippen LogP contribution in [0.15, 0.2) is 30.5 Å². The predicted molar refractivity (Wildman–Crippen MR) is 98.5 cm³/mol. The van der Waals surface area contributed by atoms with Gasteiger partial charge in [-0.05, 0) is 45.0 Å². The van der Waals surface area contributed by atoms with Gasteiger partial charge in [0, 0.05) is 33.6 Å². The van der Waals surface area contributed by atoms with Crippen molar-refractivity contribution >= 4 is 39.2 Å². The summed E-state index contributed by atoms with van der Waals surface area (Å²) in [6.45, 7) is 5.99. The average molecular weight is 357 g/mol. The van der Waals surface area contributed by atoms with E-state index in [0.29, 0.717) is 21.6 Å². The number of nitrogens with one attached hydrogen (secondary N) is 1. The van der Waals surface area contributed by atoms with Crippen LogP contribution < -0.4 is 5.32 Å². The van der Waals surface area contributed by atoms with Gasteiger partial charge in [0.05, 0.1) is 7.11 Å². The molecule has 0 bridgehead atoms. The molecule has 7 heteroatoms. The molecule has 0 fully saturated rings. The Morgan fingerprint density at radius 3 is 2.72 bits per heavy atom. The smallest absolute Gasteiger partial charge is 0.357 e. The number of carbonyl (C=O) groups excluding carboxylic acids is 2. The van der Waals surface area contributed by atoms with Gasteiger partial charge in [-0.1, -0.05) is 0 Å². The number of aryl methyl sites for hydroxylation is 1. The minimum absolute atomic E-state index is 0.229. The molecular weight excluding hydrogens is 338 g/mol. The monoisotopic (exact) mass is 357 g/mol. The number of amides is 1. The quantitative estimate of drug-likeness (QED) is 0.716. The number of anilines is 1. The molecule has 0 saturated carbocycles. The molecule has 0 atom stereocenters. The maximum absolute atomic E-state index is 12.5. The Bertz CT molecular complexity index is 956. The van der Waals surface area contributed by atoms with E-state index in [4.69, 9.17) is 0 Å². The van der Waals surface area contributed by atoms with E-state index in [1.54, 1.807) is 13.0 Å². The third-order valence-electron chi connectivity index (χ3n) is 3.93. The van der Waals surface area contributed by atoms with Gasteiger partial charge in [-0.25, -0.2) is 9.78 Å². The molecule has 25 heavy (non-hydrogen) atoms. The minimum atomic E-state index is -0.509. The summed E-state index contributed by atoms with van der Waals surface area (Å²) >= 11 is 1.24. The van der Waals surface area contributed by atoms with E-state index in [1.807, 2.05) is 24.4 Å². The first-order valence-corrected chi connectivity index (χ1v) is 8.70. The SMILES string of the molecule is COC(=O)c1nc(NC(=O)c2ccc3c(ccn3C(C)C)c2)sc1C. The Kier molecular flexibility index (Phi) is 4.59. The number of hydrogen-bond acceptors (Lipinski definition) is 5. The van der Waals surface area contributed by atoms with Crippen molar-refractivity contribution in [3.8, 4) is 0 Å². The number of hydrogen-bond donors (Lipinski definition) is 1. The molecule has 1 aromatic carbocycles. The number of ether oxygens (including phenoxy) is 1. The van der Waals surface area contributed by atoms with E-state index in [2.05, 4.69) is 33.5 Å². The van der Waals surface area contributed by atoms with Crippen molar-refractivity contribution in [2.75, 3.05) is 12.4 Å². The van der Waals surface area contributed by atoms with Crippen LogP contribution >= 0.6 is 11.3 Å². The van der Waals surface area contributed by atoms with Crippen molar-refractivity contribution in [3.63, 3.8) is 0 Å². The van der Waals surface area contributed by atoms with Crippen molar-refractivity contribution in [2.24, 2.45) is 0 Å². The number of rotatable bonds is 4. The third-order valence-corrected chi connectivity index (χ3v) is 4.82. The van der Waals surface area contributed by atoms with Gasteiger partial charge in [0.2, 0.25) is 0 Å². The van der Waals surface area contributed by atoms with Crippen molar-refractivity contribution in [2.45, 2.75) is 26.8 Å². The second-order valence-electron chi connectivity index (χ2n) is 5.96. The fourth-order valence-electron chi connectivity index (χ4n) is 2.66. The molecule has 6 nitrogen and oxygen atoms in total. The van der Waals surface area contributed by atoms with E-state index in [1.165, 1.54) is 18.4 Å². The van der Waals surface area contributed by atoms with E-state index in [-0.39, 0.29) is 11.6 Å². The molecule has 0 aliphatic rings. The number of esters is 1. The van der Waals surface area contributed by atoms with Crippen LogP contribution in [0.3, 0.4) is 0 Å². The van der Waals surface area contributed by atoms with Gasteiger partial charge in [-0.15, -0.1) is 11.3 Å². The van der Waals surface area contributed by atoms with Crippen LogP contribution in [0, 0.1) is 6.92 Å². The maximum atomic E-state index is 12.5. The fraction of sp³-hybridized carbons (Fsp3) is 0.278. The van der Waals surface area contributed by atoms with Crippen LogP contribution in [0.4, 0.5) is 5.13 Å². The standard InChI is InChI=1S/C18H19N3O3S/c1-10(2)21-8-7-12-9-13(5-6-14(12)21)16(22)20-18-19-15(11(3)25-18)17(23)24-4/h5-10H,1-4H3,(H,19,20,22). The zero-order valence-electron chi connectivity index (χ0n) is 14.5. The molecule has 0 unspecified atom stereocenters. The molecule has 0 aliphatic carbocycles. The summed E-state index contributed by atoms with van der Waals surface area (Å²) < 4.78 is 6.84. The highest BCUT2D eigenvalue weighted by Gasteiger charge is 2.18. The summed E-state index contributed by atoms with van der Waals surface area (Å²) in [4.78, 5) is 28.9. The molecule has 1 amide bonds. The molecule has 0 radical (unpaired) electrons. The van der Waals surface area contributed by atoms with Gasteiger partial charge < -0.3 is 9.30 Å². The second-order valence-corrected chi connectivity index (χ2v) is 7.16. The van der Waals surface area contributed by atoms with Crippen LogP contribution in [-0.4, -0.2) is 28.5 Å². The lowest BCUT2D eigenvalue weighted by Gasteiger charge is -2.09. The number of aromatic nitrogens is 2. The Labute approximate surface area is 149 Å². The van der Waals surface area contributed by atoms with E-state index < -0.39 is 5.97 Å². The van der Waals surface area contributed by atoms with Crippen molar-refractivity contribution in [1.29, 1.82) is 0 Å². The van der Waals surface area contributed by atoms with E-state index in [9.17, 15) is 9.59 Å². The zero-order valence-corrected chi connectivity index (χ0v) is 15.3. The molecule has 0 saturated heterocycles. The van der Waals surface area contributed by atoms with Gasteiger partial charge in [-0.3, -0.25) is 10.1 Å². The van der Waals surface area contributed by atoms with Gasteiger partial charge >= 0.3 is 5.97 Å².